The molecule has 12 heavy (non-hydrogen) atoms. The Kier molecular flexibility index (Phi) is 4.06. The molecule has 1 aromatic heterocycles. The fraction of sp³-hybridized carbons (Fsp3) is 0.400. The first kappa shape index (κ1) is 8.91. The van der Waals surface area contributed by atoms with Gasteiger partial charge in [-0.05, 0) is 25.0 Å². The molecule has 2 heteroatoms. The van der Waals surface area contributed by atoms with E-state index in [4.69, 9.17) is 0 Å². The Morgan fingerprint density at radius 3 is 3.08 bits per heavy atom. The molecule has 1 aromatic rings. The van der Waals surface area contributed by atoms with Crippen molar-refractivity contribution in [2.24, 2.45) is 4.99 Å². The maximum Gasteiger partial charge on any atom is 0.151 e. The molecule has 0 N–H and O–H groups in total. The zero-order valence-electron chi connectivity index (χ0n) is 7.40. The van der Waals surface area contributed by atoms with Crippen molar-refractivity contribution in [3.63, 3.8) is 0 Å². The molecule has 0 amide bonds. The van der Waals surface area contributed by atoms with Gasteiger partial charge in [-0.15, -0.1) is 0 Å². The van der Waals surface area contributed by atoms with E-state index in [0.29, 0.717) is 0 Å². The molecule has 0 bridgehead atoms. The maximum atomic E-state index is 4.21. The van der Waals surface area contributed by atoms with Crippen LogP contribution in [-0.4, -0.2) is 11.2 Å². The van der Waals surface area contributed by atoms with E-state index in [-0.39, 0.29) is 0 Å². The standard InChI is InChI=1S/C10H14N2/c1-2-3-5-8-11-10-7-4-6-9-12-10/h4,6-9H,2-3,5H2,1H3. The van der Waals surface area contributed by atoms with Gasteiger partial charge in [0.25, 0.3) is 0 Å². The highest BCUT2D eigenvalue weighted by molar-refractivity contribution is 5.61. The molecular formula is C10H14N2. The number of pyridine rings is 1. The summed E-state index contributed by atoms with van der Waals surface area (Å²) in [7, 11) is 0. The summed E-state index contributed by atoms with van der Waals surface area (Å²) in [4.78, 5) is 8.29. The third-order valence-corrected chi connectivity index (χ3v) is 1.56. The van der Waals surface area contributed by atoms with E-state index in [1.807, 2.05) is 24.4 Å². The molecule has 0 aromatic carbocycles. The molecule has 0 saturated heterocycles. The second-order valence-corrected chi connectivity index (χ2v) is 2.64. The van der Waals surface area contributed by atoms with Crippen LogP contribution in [0.1, 0.15) is 26.2 Å². The Morgan fingerprint density at radius 2 is 2.42 bits per heavy atom. The Labute approximate surface area is 73.4 Å². The van der Waals surface area contributed by atoms with Crippen LogP contribution in [0.15, 0.2) is 29.4 Å². The molecule has 2 nitrogen and oxygen atoms in total. The number of aliphatic imine (C=N–C) groups is 1. The van der Waals surface area contributed by atoms with Crippen LogP contribution >= 0.6 is 0 Å². The summed E-state index contributed by atoms with van der Waals surface area (Å²) in [6, 6.07) is 5.74. The topological polar surface area (TPSA) is 25.2 Å². The average molecular weight is 162 g/mol. The fourth-order valence-corrected chi connectivity index (χ4v) is 0.884. The second kappa shape index (κ2) is 5.47. The first-order valence-corrected chi connectivity index (χ1v) is 4.37. The molecule has 0 fully saturated rings. The van der Waals surface area contributed by atoms with E-state index < -0.39 is 0 Å². The zero-order valence-corrected chi connectivity index (χ0v) is 7.40. The Hall–Kier alpha value is -1.18. The molecule has 0 unspecified atom stereocenters. The van der Waals surface area contributed by atoms with Gasteiger partial charge in [0.05, 0.1) is 0 Å². The quantitative estimate of drug-likeness (QED) is 0.493. The van der Waals surface area contributed by atoms with E-state index in [1.165, 1.54) is 12.8 Å². The van der Waals surface area contributed by atoms with Crippen molar-refractivity contribution in [3.05, 3.63) is 24.4 Å². The molecule has 0 spiro atoms. The minimum atomic E-state index is 0.800. The summed E-state index contributed by atoms with van der Waals surface area (Å²) in [6.07, 6.45) is 7.16. The lowest BCUT2D eigenvalue weighted by Gasteiger charge is -1.90. The fourth-order valence-electron chi connectivity index (χ4n) is 0.884. The van der Waals surface area contributed by atoms with Crippen LogP contribution in [0, 0.1) is 0 Å². The predicted molar refractivity (Wildman–Crippen MR) is 51.9 cm³/mol. The van der Waals surface area contributed by atoms with Gasteiger partial charge < -0.3 is 0 Å². The Balaban J connectivity index is 2.36. The van der Waals surface area contributed by atoms with Crippen molar-refractivity contribution in [3.8, 4) is 0 Å². The number of nitrogens with zero attached hydrogens (tertiary/aromatic N) is 2. The van der Waals surface area contributed by atoms with Gasteiger partial charge >= 0.3 is 0 Å². The van der Waals surface area contributed by atoms with Crippen molar-refractivity contribution in [2.75, 3.05) is 0 Å². The minimum Gasteiger partial charge on any atom is -0.242 e. The molecule has 0 saturated carbocycles. The highest BCUT2D eigenvalue weighted by Crippen LogP contribution is 2.04. The van der Waals surface area contributed by atoms with Gasteiger partial charge in [-0.2, -0.15) is 0 Å². The number of unbranched alkanes of at least 4 members (excludes halogenated alkanes) is 2. The number of hydrogen-bond acceptors (Lipinski definition) is 2. The van der Waals surface area contributed by atoms with Crippen molar-refractivity contribution < 1.29 is 0 Å². The van der Waals surface area contributed by atoms with Gasteiger partial charge in [0.2, 0.25) is 0 Å². The van der Waals surface area contributed by atoms with E-state index in [9.17, 15) is 0 Å². The molecule has 1 rings (SSSR count). The molecule has 1 heterocycles. The second-order valence-electron chi connectivity index (χ2n) is 2.64. The molecule has 0 aliphatic carbocycles. The van der Waals surface area contributed by atoms with Crippen LogP contribution in [0.2, 0.25) is 0 Å². The third-order valence-electron chi connectivity index (χ3n) is 1.56. The number of rotatable bonds is 4. The zero-order chi connectivity index (χ0) is 8.65. The van der Waals surface area contributed by atoms with Gasteiger partial charge in [-0.25, -0.2) is 9.98 Å². The summed E-state index contributed by atoms with van der Waals surface area (Å²) < 4.78 is 0. The first-order valence-electron chi connectivity index (χ1n) is 4.37. The summed E-state index contributed by atoms with van der Waals surface area (Å²) in [5, 5.41) is 0. The van der Waals surface area contributed by atoms with Crippen LogP contribution in [-0.2, 0) is 0 Å². The van der Waals surface area contributed by atoms with Gasteiger partial charge in [0.15, 0.2) is 5.82 Å². The van der Waals surface area contributed by atoms with Crippen molar-refractivity contribution in [1.29, 1.82) is 0 Å². The number of hydrogen-bond donors (Lipinski definition) is 0. The Morgan fingerprint density at radius 1 is 1.50 bits per heavy atom. The highest BCUT2D eigenvalue weighted by Gasteiger charge is 1.84. The van der Waals surface area contributed by atoms with Gasteiger partial charge in [0.1, 0.15) is 0 Å². The van der Waals surface area contributed by atoms with Crippen molar-refractivity contribution in [2.45, 2.75) is 26.2 Å². The number of aromatic nitrogens is 1. The summed E-state index contributed by atoms with van der Waals surface area (Å²) in [5.74, 6) is 0.800. The van der Waals surface area contributed by atoms with E-state index >= 15 is 0 Å². The molecular weight excluding hydrogens is 148 g/mol. The van der Waals surface area contributed by atoms with E-state index in [2.05, 4.69) is 16.9 Å². The molecule has 0 radical (unpaired) electrons. The lowest BCUT2D eigenvalue weighted by molar-refractivity contribution is 0.842. The average Bonchev–Trinajstić information content (AvgIpc) is 2.14. The third kappa shape index (κ3) is 3.28. The van der Waals surface area contributed by atoms with Gasteiger partial charge in [0, 0.05) is 12.4 Å². The molecule has 0 aliphatic heterocycles. The lowest BCUT2D eigenvalue weighted by atomic mass is 10.3. The molecule has 0 aliphatic rings. The molecule has 0 atom stereocenters. The lowest BCUT2D eigenvalue weighted by Crippen LogP contribution is -1.76. The summed E-state index contributed by atoms with van der Waals surface area (Å²) in [5.41, 5.74) is 0. The van der Waals surface area contributed by atoms with Crippen LogP contribution < -0.4 is 0 Å². The summed E-state index contributed by atoms with van der Waals surface area (Å²) in [6.45, 7) is 2.18. The van der Waals surface area contributed by atoms with E-state index in [1.54, 1.807) is 6.20 Å². The maximum absolute atomic E-state index is 4.21. The van der Waals surface area contributed by atoms with Crippen LogP contribution in [0.5, 0.6) is 0 Å². The van der Waals surface area contributed by atoms with Crippen LogP contribution in [0.3, 0.4) is 0 Å². The minimum absolute atomic E-state index is 0.800. The highest BCUT2D eigenvalue weighted by atomic mass is 14.9. The largest absolute Gasteiger partial charge is 0.242 e. The SMILES string of the molecule is CCCCC=Nc1ccccn1. The predicted octanol–water partition coefficient (Wildman–Crippen LogP) is 2.97. The normalized spacial score (nSPS) is 10.8. The molecule has 64 valence electrons. The van der Waals surface area contributed by atoms with Crippen molar-refractivity contribution in [1.82, 2.24) is 4.98 Å². The van der Waals surface area contributed by atoms with Crippen LogP contribution in [0.25, 0.3) is 0 Å². The Bertz CT molecular complexity index is 229. The van der Waals surface area contributed by atoms with E-state index in [0.717, 1.165) is 12.2 Å². The van der Waals surface area contributed by atoms with Crippen molar-refractivity contribution >= 4 is 12.0 Å². The van der Waals surface area contributed by atoms with Crippen LogP contribution in [0.4, 0.5) is 5.82 Å². The smallest absolute Gasteiger partial charge is 0.151 e. The monoisotopic (exact) mass is 162 g/mol. The van der Waals surface area contributed by atoms with Gasteiger partial charge in [-0.1, -0.05) is 19.4 Å². The summed E-state index contributed by atoms with van der Waals surface area (Å²) >= 11 is 0. The first-order chi connectivity index (χ1) is 5.93. The van der Waals surface area contributed by atoms with Gasteiger partial charge in [-0.3, -0.25) is 0 Å².